The van der Waals surface area contributed by atoms with Gasteiger partial charge in [-0.1, -0.05) is 103 Å². The summed E-state index contributed by atoms with van der Waals surface area (Å²) in [4.78, 5) is 12.2. The summed E-state index contributed by atoms with van der Waals surface area (Å²) in [7, 11) is -0.354. The van der Waals surface area contributed by atoms with Crippen molar-refractivity contribution in [3.05, 3.63) is 0 Å². The van der Waals surface area contributed by atoms with Gasteiger partial charge >= 0.3 is 5.97 Å². The maximum absolute atomic E-state index is 12.2. The monoisotopic (exact) mass is 549 g/mol. The van der Waals surface area contributed by atoms with Crippen molar-refractivity contribution >= 4 is 16.1 Å². The van der Waals surface area contributed by atoms with E-state index in [0.717, 1.165) is 13.0 Å². The van der Waals surface area contributed by atoms with E-state index in [9.17, 15) is 18.3 Å². The predicted octanol–water partition coefficient (Wildman–Crippen LogP) is 7.16. The Balaban J connectivity index is 4.11. The lowest BCUT2D eigenvalue weighted by molar-refractivity contribution is -0.978. The minimum Gasteiger partial charge on any atom is -0.477 e. The normalized spacial score (nSPS) is 14.6. The standard InChI is InChI=1S/C29H60N2O5S/c1-7-8-9-10-11-12-13-14-15-16-17-18-19-20-21-22-25-30-28(2,3)31(5,6)29(4,27(32)33)24-23-26-37(34,35)36/h30H,7-26H2,1-6H3,(H-,32,33,34,35,36)/p+1. The second-order valence-corrected chi connectivity index (χ2v) is 13.8. The fraction of sp³-hybridized carbons (Fsp3) is 0.966. The van der Waals surface area contributed by atoms with Crippen molar-refractivity contribution in [3.63, 3.8) is 0 Å². The Morgan fingerprint density at radius 2 is 1.11 bits per heavy atom. The predicted molar refractivity (Wildman–Crippen MR) is 155 cm³/mol. The number of rotatable bonds is 25. The van der Waals surface area contributed by atoms with Crippen LogP contribution in [-0.2, 0) is 14.9 Å². The quantitative estimate of drug-likeness (QED) is 0.0483. The van der Waals surface area contributed by atoms with Crippen LogP contribution in [0.2, 0.25) is 0 Å². The molecule has 0 aliphatic carbocycles. The summed E-state index contributed by atoms with van der Waals surface area (Å²) in [5, 5.41) is 13.6. The largest absolute Gasteiger partial charge is 0.477 e. The number of carboxylic acid groups (broad SMARTS) is 1. The zero-order valence-electron chi connectivity index (χ0n) is 25.1. The summed E-state index contributed by atoms with van der Waals surface area (Å²) < 4.78 is 31.4. The van der Waals surface area contributed by atoms with Crippen LogP contribution in [0.25, 0.3) is 0 Å². The zero-order valence-corrected chi connectivity index (χ0v) is 25.9. The van der Waals surface area contributed by atoms with E-state index in [1.165, 1.54) is 96.3 Å². The molecule has 0 aliphatic heterocycles. The minimum atomic E-state index is -4.11. The average molecular weight is 550 g/mol. The molecular weight excluding hydrogens is 488 g/mol. The van der Waals surface area contributed by atoms with Crippen LogP contribution in [0.4, 0.5) is 0 Å². The molecule has 0 saturated heterocycles. The van der Waals surface area contributed by atoms with Gasteiger partial charge in [-0.05, 0) is 12.8 Å². The molecule has 0 heterocycles. The molecule has 0 rings (SSSR count). The third-order valence-electron chi connectivity index (χ3n) is 8.75. The number of hydrogen-bond donors (Lipinski definition) is 3. The summed E-state index contributed by atoms with van der Waals surface area (Å²) in [6, 6.07) is 0. The van der Waals surface area contributed by atoms with Crippen molar-refractivity contribution in [2.24, 2.45) is 0 Å². The lowest BCUT2D eigenvalue weighted by Gasteiger charge is -2.53. The van der Waals surface area contributed by atoms with Crippen LogP contribution >= 0.6 is 0 Å². The smallest absolute Gasteiger partial charge is 0.365 e. The molecule has 3 N–H and O–H groups in total. The fourth-order valence-corrected chi connectivity index (χ4v) is 5.62. The van der Waals surface area contributed by atoms with Gasteiger partial charge in [0.05, 0.1) is 19.8 Å². The highest BCUT2D eigenvalue weighted by atomic mass is 32.2. The second kappa shape index (κ2) is 18.6. The second-order valence-electron chi connectivity index (χ2n) is 12.2. The van der Waals surface area contributed by atoms with Gasteiger partial charge in [0.25, 0.3) is 10.1 Å². The molecule has 1 unspecified atom stereocenters. The van der Waals surface area contributed by atoms with Crippen LogP contribution in [0.3, 0.4) is 0 Å². The van der Waals surface area contributed by atoms with E-state index in [-0.39, 0.29) is 17.3 Å². The van der Waals surface area contributed by atoms with Crippen molar-refractivity contribution in [2.75, 3.05) is 26.4 Å². The Morgan fingerprint density at radius 3 is 1.46 bits per heavy atom. The average Bonchev–Trinajstić information content (AvgIpc) is 2.79. The molecule has 0 bridgehead atoms. The van der Waals surface area contributed by atoms with Crippen molar-refractivity contribution in [2.45, 2.75) is 154 Å². The zero-order chi connectivity index (χ0) is 28.4. The molecular formula is C29H61N2O5S+. The van der Waals surface area contributed by atoms with E-state index >= 15 is 0 Å². The highest BCUT2D eigenvalue weighted by Crippen LogP contribution is 2.34. The van der Waals surface area contributed by atoms with E-state index in [4.69, 9.17) is 4.55 Å². The number of carboxylic acids is 1. The van der Waals surface area contributed by atoms with Gasteiger partial charge < -0.3 is 5.11 Å². The summed E-state index contributed by atoms with van der Waals surface area (Å²) >= 11 is 0. The molecule has 0 aromatic heterocycles. The molecule has 0 saturated carbocycles. The maximum atomic E-state index is 12.2. The summed E-state index contributed by atoms with van der Waals surface area (Å²) in [5.41, 5.74) is -1.73. The first-order valence-electron chi connectivity index (χ1n) is 15.0. The van der Waals surface area contributed by atoms with Gasteiger partial charge in [-0.25, -0.2) is 4.79 Å². The van der Waals surface area contributed by atoms with Crippen molar-refractivity contribution in [1.29, 1.82) is 0 Å². The minimum absolute atomic E-state index is 0.0958. The number of hydrogen-bond acceptors (Lipinski definition) is 4. The van der Waals surface area contributed by atoms with Gasteiger partial charge in [0.15, 0.2) is 5.54 Å². The van der Waals surface area contributed by atoms with Crippen LogP contribution in [0.15, 0.2) is 0 Å². The summed E-state index contributed by atoms with van der Waals surface area (Å²) in [5.74, 6) is -1.40. The lowest BCUT2D eigenvalue weighted by Crippen LogP contribution is -2.75. The van der Waals surface area contributed by atoms with E-state index in [2.05, 4.69) is 12.2 Å². The number of carbonyl (C=O) groups is 1. The molecule has 1 atom stereocenters. The highest BCUT2D eigenvalue weighted by Gasteiger charge is 2.55. The van der Waals surface area contributed by atoms with Crippen LogP contribution < -0.4 is 5.32 Å². The Kier molecular flexibility index (Phi) is 18.2. The van der Waals surface area contributed by atoms with E-state index < -0.39 is 33.0 Å². The summed E-state index contributed by atoms with van der Waals surface area (Å²) in [6.07, 6.45) is 21.6. The molecule has 0 spiro atoms. The molecule has 0 aliphatic rings. The first kappa shape index (κ1) is 36.3. The van der Waals surface area contributed by atoms with Crippen LogP contribution in [0.1, 0.15) is 143 Å². The first-order valence-corrected chi connectivity index (χ1v) is 16.6. The third-order valence-corrected chi connectivity index (χ3v) is 9.55. The molecule has 0 fully saturated rings. The van der Waals surface area contributed by atoms with Crippen LogP contribution in [0, 0.1) is 0 Å². The van der Waals surface area contributed by atoms with Crippen molar-refractivity contribution < 1.29 is 27.4 Å². The molecule has 0 aromatic rings. The Labute approximate surface area is 229 Å². The molecule has 7 nitrogen and oxygen atoms in total. The Hall–Kier alpha value is -0.700. The van der Waals surface area contributed by atoms with E-state index in [0.29, 0.717) is 0 Å². The SMILES string of the molecule is CCCCCCCCCCCCCCCCCCNC(C)(C)[N+](C)(C)C(C)(CCCS(=O)(=O)O)C(=O)O. The molecule has 0 amide bonds. The molecule has 0 radical (unpaired) electrons. The number of unbranched alkanes of at least 4 members (excludes halogenated alkanes) is 15. The highest BCUT2D eigenvalue weighted by molar-refractivity contribution is 7.85. The molecule has 37 heavy (non-hydrogen) atoms. The number of likely N-dealkylation sites (N-methyl/N-ethyl adjacent to an activating group) is 1. The van der Waals surface area contributed by atoms with Crippen molar-refractivity contribution in [3.8, 4) is 0 Å². The number of quaternary nitrogens is 1. The Morgan fingerprint density at radius 1 is 0.730 bits per heavy atom. The van der Waals surface area contributed by atoms with Crippen LogP contribution in [-0.4, -0.2) is 66.1 Å². The third kappa shape index (κ3) is 14.9. The van der Waals surface area contributed by atoms with E-state index in [1.54, 1.807) is 6.92 Å². The molecule has 0 aromatic carbocycles. The first-order chi connectivity index (χ1) is 17.2. The number of nitrogens with zero attached hydrogens (tertiary/aromatic N) is 1. The van der Waals surface area contributed by atoms with Gasteiger partial charge in [-0.3, -0.25) is 14.4 Å². The van der Waals surface area contributed by atoms with Gasteiger partial charge in [-0.2, -0.15) is 8.42 Å². The number of aliphatic carboxylic acids is 1. The van der Waals surface area contributed by atoms with Gasteiger partial charge in [-0.15, -0.1) is 0 Å². The maximum Gasteiger partial charge on any atom is 0.365 e. The Bertz CT molecular complexity index is 709. The molecule has 222 valence electrons. The van der Waals surface area contributed by atoms with Gasteiger partial charge in [0, 0.05) is 33.7 Å². The van der Waals surface area contributed by atoms with Gasteiger partial charge in [0.1, 0.15) is 5.66 Å². The van der Waals surface area contributed by atoms with Crippen LogP contribution in [0.5, 0.6) is 0 Å². The topological polar surface area (TPSA) is 104 Å². The lowest BCUT2D eigenvalue weighted by atomic mass is 9.88. The number of nitrogens with one attached hydrogen (secondary N) is 1. The fourth-order valence-electron chi connectivity index (χ4n) is 5.11. The summed E-state index contributed by atoms with van der Waals surface area (Å²) in [6.45, 7) is 8.75. The van der Waals surface area contributed by atoms with E-state index in [1.807, 2.05) is 27.9 Å². The van der Waals surface area contributed by atoms with Crippen molar-refractivity contribution in [1.82, 2.24) is 5.32 Å². The van der Waals surface area contributed by atoms with Gasteiger partial charge in [0.2, 0.25) is 0 Å². The molecule has 8 heteroatoms.